The molecule has 0 aromatic heterocycles. The van der Waals surface area contributed by atoms with Gasteiger partial charge in [0.05, 0.1) is 0 Å². The summed E-state index contributed by atoms with van der Waals surface area (Å²) in [6, 6.07) is 1.51. The zero-order chi connectivity index (χ0) is 11.5. The maximum atomic E-state index is 5.92. The first-order valence-electron chi connectivity index (χ1n) is 7.14. The normalized spacial score (nSPS) is 33.0. The van der Waals surface area contributed by atoms with Crippen LogP contribution in [0, 0.1) is 11.8 Å². The zero-order valence-electron chi connectivity index (χ0n) is 11.0. The van der Waals surface area contributed by atoms with E-state index in [1.807, 2.05) is 0 Å². The molecular formula is C14H28N2. The van der Waals surface area contributed by atoms with Crippen molar-refractivity contribution in [2.45, 2.75) is 64.0 Å². The zero-order valence-corrected chi connectivity index (χ0v) is 11.0. The lowest BCUT2D eigenvalue weighted by atomic mass is 9.83. The molecule has 0 saturated heterocycles. The van der Waals surface area contributed by atoms with E-state index >= 15 is 0 Å². The van der Waals surface area contributed by atoms with Gasteiger partial charge in [0.2, 0.25) is 0 Å². The number of hydrogen-bond acceptors (Lipinski definition) is 2. The quantitative estimate of drug-likeness (QED) is 0.778. The van der Waals surface area contributed by atoms with Gasteiger partial charge in [0.25, 0.3) is 0 Å². The third kappa shape index (κ3) is 2.98. The molecule has 3 unspecified atom stereocenters. The van der Waals surface area contributed by atoms with Crippen molar-refractivity contribution in [2.75, 3.05) is 13.6 Å². The minimum Gasteiger partial charge on any atom is -0.330 e. The van der Waals surface area contributed by atoms with E-state index in [2.05, 4.69) is 18.9 Å². The number of rotatable bonds is 5. The fraction of sp³-hybridized carbons (Fsp3) is 1.00. The highest BCUT2D eigenvalue weighted by atomic mass is 15.2. The molecule has 0 bridgehead atoms. The molecule has 2 heteroatoms. The molecule has 0 heterocycles. The van der Waals surface area contributed by atoms with Crippen molar-refractivity contribution in [2.24, 2.45) is 17.6 Å². The number of nitrogens with two attached hydrogens (primary N) is 1. The first-order valence-corrected chi connectivity index (χ1v) is 7.14. The molecule has 0 aromatic rings. The molecule has 2 rings (SSSR count). The second-order valence-corrected chi connectivity index (χ2v) is 6.04. The van der Waals surface area contributed by atoms with Gasteiger partial charge in [-0.25, -0.2) is 0 Å². The molecule has 0 aliphatic heterocycles. The average molecular weight is 224 g/mol. The predicted octanol–water partition coefficient (Wildman–Crippen LogP) is 2.62. The minimum atomic E-state index is 0.750. The third-order valence-electron chi connectivity index (χ3n) is 4.76. The monoisotopic (exact) mass is 224 g/mol. The topological polar surface area (TPSA) is 29.3 Å². The van der Waals surface area contributed by atoms with Gasteiger partial charge in [0, 0.05) is 12.1 Å². The molecule has 2 aliphatic carbocycles. The Balaban J connectivity index is 1.86. The highest BCUT2D eigenvalue weighted by Gasteiger charge is 2.32. The van der Waals surface area contributed by atoms with Crippen LogP contribution in [0.4, 0.5) is 0 Å². The van der Waals surface area contributed by atoms with Crippen LogP contribution < -0.4 is 5.73 Å². The van der Waals surface area contributed by atoms with Crippen molar-refractivity contribution in [1.29, 1.82) is 0 Å². The summed E-state index contributed by atoms with van der Waals surface area (Å²) in [5.41, 5.74) is 5.92. The molecule has 2 fully saturated rings. The van der Waals surface area contributed by atoms with Gasteiger partial charge in [-0.15, -0.1) is 0 Å². The van der Waals surface area contributed by atoms with Crippen molar-refractivity contribution in [3.63, 3.8) is 0 Å². The molecule has 2 nitrogen and oxygen atoms in total. The Kier molecular flexibility index (Phi) is 4.26. The molecule has 0 spiro atoms. The van der Waals surface area contributed by atoms with Crippen molar-refractivity contribution in [1.82, 2.24) is 4.90 Å². The van der Waals surface area contributed by atoms with E-state index in [9.17, 15) is 0 Å². The van der Waals surface area contributed by atoms with Gasteiger partial charge in [0.1, 0.15) is 0 Å². The van der Waals surface area contributed by atoms with E-state index in [4.69, 9.17) is 5.73 Å². The number of hydrogen-bond donors (Lipinski definition) is 1. The summed E-state index contributed by atoms with van der Waals surface area (Å²) in [5.74, 6) is 1.79. The lowest BCUT2D eigenvalue weighted by Crippen LogP contribution is -2.47. The van der Waals surface area contributed by atoms with Crippen LogP contribution in [0.2, 0.25) is 0 Å². The molecule has 3 atom stereocenters. The van der Waals surface area contributed by atoms with E-state index in [1.165, 1.54) is 44.9 Å². The van der Waals surface area contributed by atoms with Crippen LogP contribution in [0.1, 0.15) is 51.9 Å². The van der Waals surface area contributed by atoms with Gasteiger partial charge in [-0.3, -0.25) is 0 Å². The van der Waals surface area contributed by atoms with Crippen molar-refractivity contribution >= 4 is 0 Å². The van der Waals surface area contributed by atoms with Gasteiger partial charge in [0.15, 0.2) is 0 Å². The lowest BCUT2D eigenvalue weighted by molar-refractivity contribution is 0.0927. The van der Waals surface area contributed by atoms with Gasteiger partial charge >= 0.3 is 0 Å². The predicted molar refractivity (Wildman–Crippen MR) is 69.4 cm³/mol. The molecule has 0 aromatic carbocycles. The largest absolute Gasteiger partial charge is 0.330 e. The minimum absolute atomic E-state index is 0.750. The lowest BCUT2D eigenvalue weighted by Gasteiger charge is -2.40. The van der Waals surface area contributed by atoms with Gasteiger partial charge in [-0.1, -0.05) is 25.7 Å². The van der Waals surface area contributed by atoms with Crippen LogP contribution in [-0.4, -0.2) is 30.6 Å². The second kappa shape index (κ2) is 5.50. The van der Waals surface area contributed by atoms with Crippen LogP contribution in [-0.2, 0) is 0 Å². The second-order valence-electron chi connectivity index (χ2n) is 6.04. The fourth-order valence-electron chi connectivity index (χ4n) is 3.33. The molecule has 2 N–H and O–H groups in total. The van der Waals surface area contributed by atoms with Gasteiger partial charge < -0.3 is 10.6 Å². The van der Waals surface area contributed by atoms with Crippen molar-refractivity contribution < 1.29 is 0 Å². The van der Waals surface area contributed by atoms with Crippen LogP contribution in [0.25, 0.3) is 0 Å². The van der Waals surface area contributed by atoms with E-state index in [-0.39, 0.29) is 0 Å². The summed E-state index contributed by atoms with van der Waals surface area (Å²) >= 11 is 0. The van der Waals surface area contributed by atoms with E-state index in [0.29, 0.717) is 0 Å². The fourth-order valence-corrected chi connectivity index (χ4v) is 3.33. The Bertz CT molecular complexity index is 213. The highest BCUT2D eigenvalue weighted by molar-refractivity contribution is 4.87. The van der Waals surface area contributed by atoms with E-state index < -0.39 is 0 Å². The standard InChI is InChI=1S/C14H28N2/c1-11(9-12-7-8-12)16(2)14-6-4-3-5-13(14)10-15/h11-14H,3-10,15H2,1-2H3. The molecule has 16 heavy (non-hydrogen) atoms. The smallest absolute Gasteiger partial charge is 0.0135 e. The highest BCUT2D eigenvalue weighted by Crippen LogP contribution is 2.36. The van der Waals surface area contributed by atoms with E-state index in [1.54, 1.807) is 0 Å². The van der Waals surface area contributed by atoms with Crippen molar-refractivity contribution in [3.05, 3.63) is 0 Å². The molecule has 2 aliphatic rings. The molecule has 94 valence electrons. The first kappa shape index (κ1) is 12.4. The molecule has 0 amide bonds. The molecular weight excluding hydrogens is 196 g/mol. The van der Waals surface area contributed by atoms with Crippen LogP contribution in [0.3, 0.4) is 0 Å². The SMILES string of the molecule is CC(CC1CC1)N(C)C1CCCCC1CN. The third-order valence-corrected chi connectivity index (χ3v) is 4.76. The first-order chi connectivity index (χ1) is 7.72. The Labute approximate surface area is 101 Å². The van der Waals surface area contributed by atoms with Crippen LogP contribution in [0.5, 0.6) is 0 Å². The van der Waals surface area contributed by atoms with Gasteiger partial charge in [-0.05, 0) is 51.6 Å². The Morgan fingerprint density at radius 3 is 2.50 bits per heavy atom. The van der Waals surface area contributed by atoms with Gasteiger partial charge in [-0.2, -0.15) is 0 Å². The Hall–Kier alpha value is -0.0800. The maximum Gasteiger partial charge on any atom is 0.0135 e. The summed E-state index contributed by atoms with van der Waals surface area (Å²) in [7, 11) is 2.33. The maximum absolute atomic E-state index is 5.92. The number of nitrogens with zero attached hydrogens (tertiary/aromatic N) is 1. The van der Waals surface area contributed by atoms with Crippen LogP contribution >= 0.6 is 0 Å². The Morgan fingerprint density at radius 1 is 1.19 bits per heavy atom. The van der Waals surface area contributed by atoms with Crippen LogP contribution in [0.15, 0.2) is 0 Å². The average Bonchev–Trinajstić information content (AvgIpc) is 3.11. The summed E-state index contributed by atoms with van der Waals surface area (Å²) in [6.07, 6.45) is 9.87. The summed E-state index contributed by atoms with van der Waals surface area (Å²) in [6.45, 7) is 3.28. The molecule has 0 radical (unpaired) electrons. The summed E-state index contributed by atoms with van der Waals surface area (Å²) < 4.78 is 0. The van der Waals surface area contributed by atoms with Crippen molar-refractivity contribution in [3.8, 4) is 0 Å². The molecule has 2 saturated carbocycles. The summed E-state index contributed by atoms with van der Waals surface area (Å²) in [4.78, 5) is 2.63. The summed E-state index contributed by atoms with van der Waals surface area (Å²) in [5, 5.41) is 0. The Morgan fingerprint density at radius 2 is 1.88 bits per heavy atom. The van der Waals surface area contributed by atoms with E-state index in [0.717, 1.165) is 30.5 Å².